The molecule has 2 heterocycles. The van der Waals surface area contributed by atoms with Crippen LogP contribution < -0.4 is 4.90 Å². The molecule has 2 aromatic heterocycles. The minimum atomic E-state index is -0.874. The van der Waals surface area contributed by atoms with E-state index >= 15 is 4.39 Å². The Morgan fingerprint density at radius 2 is 2.03 bits per heavy atom. The topological polar surface area (TPSA) is 106 Å². The molecule has 0 amide bonds. The lowest BCUT2D eigenvalue weighted by atomic mass is 9.60. The number of hydrogen-bond donors (Lipinski definition) is 1. The summed E-state index contributed by atoms with van der Waals surface area (Å²) < 4.78 is 15.2. The van der Waals surface area contributed by atoms with Gasteiger partial charge >= 0.3 is 0 Å². The number of halogens is 1. The number of aryl methyl sites for hydroxylation is 1. The number of alkyl halides is 1. The monoisotopic (exact) mass is 438 g/mol. The van der Waals surface area contributed by atoms with E-state index in [4.69, 9.17) is 0 Å². The van der Waals surface area contributed by atoms with Gasteiger partial charge in [-0.05, 0) is 54.4 Å². The Morgan fingerprint density at radius 3 is 2.72 bits per heavy atom. The Balaban J connectivity index is 1.36. The highest BCUT2D eigenvalue weighted by molar-refractivity contribution is 5.69. The van der Waals surface area contributed by atoms with Crippen molar-refractivity contribution in [2.75, 3.05) is 11.9 Å². The van der Waals surface area contributed by atoms with E-state index in [-0.39, 0.29) is 23.1 Å². The third-order valence-electron chi connectivity index (χ3n) is 7.04. The lowest BCUT2D eigenvalue weighted by Gasteiger charge is -2.50. The predicted molar refractivity (Wildman–Crippen MR) is 116 cm³/mol. The smallest absolute Gasteiger partial charge is 0.205 e. The van der Waals surface area contributed by atoms with E-state index < -0.39 is 6.17 Å². The van der Waals surface area contributed by atoms with Gasteiger partial charge in [-0.2, -0.15) is 4.80 Å². The summed E-state index contributed by atoms with van der Waals surface area (Å²) in [5.41, 5.74) is 1.27. The van der Waals surface area contributed by atoms with Gasteiger partial charge < -0.3 is 10.0 Å². The second-order valence-electron chi connectivity index (χ2n) is 9.47. The van der Waals surface area contributed by atoms with Gasteiger partial charge in [0.25, 0.3) is 0 Å². The van der Waals surface area contributed by atoms with Gasteiger partial charge in [0.15, 0.2) is 11.6 Å². The number of rotatable bonds is 4. The first-order valence-electron chi connectivity index (χ1n) is 11.0. The van der Waals surface area contributed by atoms with Gasteiger partial charge in [-0.1, -0.05) is 19.4 Å². The number of tetrazole rings is 1. The highest BCUT2D eigenvalue weighted by Crippen LogP contribution is 2.50. The van der Waals surface area contributed by atoms with Gasteiger partial charge in [0.2, 0.25) is 5.82 Å². The summed E-state index contributed by atoms with van der Waals surface area (Å²) in [6.07, 6.45) is 5.74. The second-order valence-corrected chi connectivity index (χ2v) is 9.47. The summed E-state index contributed by atoms with van der Waals surface area (Å²) in [7, 11) is 3.54. The fourth-order valence-corrected chi connectivity index (χ4v) is 5.35. The van der Waals surface area contributed by atoms with Crippen LogP contribution in [0, 0.1) is 11.3 Å². The van der Waals surface area contributed by atoms with E-state index in [2.05, 4.69) is 37.5 Å². The molecule has 4 atom stereocenters. The van der Waals surface area contributed by atoms with Crippen LogP contribution in [0.5, 0.6) is 5.75 Å². The third-order valence-corrected chi connectivity index (χ3v) is 7.04. The van der Waals surface area contributed by atoms with E-state index in [1.165, 1.54) is 4.80 Å². The van der Waals surface area contributed by atoms with Gasteiger partial charge in [0.1, 0.15) is 11.9 Å². The Labute approximate surface area is 185 Å². The maximum Gasteiger partial charge on any atom is 0.205 e. The fourth-order valence-electron chi connectivity index (χ4n) is 5.35. The van der Waals surface area contributed by atoms with E-state index in [0.717, 1.165) is 32.1 Å². The third kappa shape index (κ3) is 3.67. The maximum atomic E-state index is 15.2. The molecule has 0 saturated heterocycles. The highest BCUT2D eigenvalue weighted by atomic mass is 19.1. The zero-order valence-corrected chi connectivity index (χ0v) is 18.5. The molecular weight excluding hydrogens is 411 g/mol. The van der Waals surface area contributed by atoms with Crippen LogP contribution in [0.15, 0.2) is 24.4 Å². The largest absolute Gasteiger partial charge is 0.507 e. The molecule has 5 rings (SSSR count). The van der Waals surface area contributed by atoms with Crippen molar-refractivity contribution < 1.29 is 9.50 Å². The van der Waals surface area contributed by atoms with Crippen LogP contribution in [0.4, 0.5) is 10.2 Å². The van der Waals surface area contributed by atoms with Gasteiger partial charge in [0, 0.05) is 12.6 Å². The van der Waals surface area contributed by atoms with E-state index in [1.807, 2.05) is 11.9 Å². The van der Waals surface area contributed by atoms with Gasteiger partial charge in [-0.15, -0.1) is 20.4 Å². The van der Waals surface area contributed by atoms with Gasteiger partial charge in [0.05, 0.1) is 24.8 Å². The molecule has 0 spiro atoms. The summed E-state index contributed by atoms with van der Waals surface area (Å²) in [5, 5.41) is 30.9. The van der Waals surface area contributed by atoms with E-state index in [0.29, 0.717) is 28.6 Å². The van der Waals surface area contributed by atoms with Gasteiger partial charge in [-0.3, -0.25) is 0 Å². The minimum absolute atomic E-state index is 0.00490. The average molecular weight is 439 g/mol. The van der Waals surface area contributed by atoms with Crippen LogP contribution in [0.2, 0.25) is 0 Å². The first kappa shape index (κ1) is 20.7. The highest BCUT2D eigenvalue weighted by Gasteiger charge is 2.47. The van der Waals surface area contributed by atoms with Crippen molar-refractivity contribution in [3.8, 4) is 28.5 Å². The second kappa shape index (κ2) is 7.75. The Hall–Kier alpha value is -3.17. The summed E-state index contributed by atoms with van der Waals surface area (Å²) in [5.74, 6) is 1.36. The standard InChI is InChI=1S/C22H27FN8O/c1-22-8-4-5-14(10-22)19(23)16(11-22)30(2)18-12-24-21(26-25-18)15-7-6-13(9-17(15)32)20-27-29-31(3)28-20/h6-7,9,12,14,16,19,32H,4-5,8,10-11H2,1-3H3/t14-,16-,19+,22+/m0/s1. The van der Waals surface area contributed by atoms with Crippen molar-refractivity contribution in [3.63, 3.8) is 0 Å². The van der Waals surface area contributed by atoms with Crippen molar-refractivity contribution in [3.05, 3.63) is 24.4 Å². The molecule has 2 aliphatic rings. The van der Waals surface area contributed by atoms with Crippen LogP contribution in [0.3, 0.4) is 0 Å². The average Bonchev–Trinajstić information content (AvgIpc) is 3.22. The Morgan fingerprint density at radius 1 is 1.19 bits per heavy atom. The maximum absolute atomic E-state index is 15.2. The molecule has 2 aliphatic carbocycles. The molecule has 32 heavy (non-hydrogen) atoms. The summed E-state index contributed by atoms with van der Waals surface area (Å²) in [6.45, 7) is 2.28. The van der Waals surface area contributed by atoms with Crippen LogP contribution >= 0.6 is 0 Å². The van der Waals surface area contributed by atoms with Crippen LogP contribution in [-0.4, -0.2) is 59.8 Å². The van der Waals surface area contributed by atoms with Crippen molar-refractivity contribution in [1.82, 2.24) is 35.4 Å². The molecule has 1 aromatic carbocycles. The summed E-state index contributed by atoms with van der Waals surface area (Å²) >= 11 is 0. The number of fused-ring (bicyclic) bond motifs is 2. The number of phenols is 1. The molecule has 9 nitrogen and oxygen atoms in total. The van der Waals surface area contributed by atoms with Crippen molar-refractivity contribution in [1.29, 1.82) is 0 Å². The van der Waals surface area contributed by atoms with Crippen LogP contribution in [0.1, 0.15) is 39.0 Å². The molecule has 10 heteroatoms. The number of anilines is 1. The number of phenolic OH excluding ortho intramolecular Hbond substituents is 1. The van der Waals surface area contributed by atoms with E-state index in [9.17, 15) is 5.11 Å². The first-order valence-corrected chi connectivity index (χ1v) is 11.0. The molecule has 168 valence electrons. The quantitative estimate of drug-likeness (QED) is 0.662. The summed E-state index contributed by atoms with van der Waals surface area (Å²) in [6, 6.07) is 4.78. The number of aromatic nitrogens is 7. The molecule has 0 unspecified atom stereocenters. The first-order chi connectivity index (χ1) is 15.3. The lowest BCUT2D eigenvalue weighted by molar-refractivity contribution is 0.0113. The zero-order chi connectivity index (χ0) is 22.5. The van der Waals surface area contributed by atoms with Crippen molar-refractivity contribution in [2.24, 2.45) is 18.4 Å². The Bertz CT molecular complexity index is 1120. The molecule has 2 bridgehead atoms. The van der Waals surface area contributed by atoms with Crippen molar-refractivity contribution >= 4 is 5.82 Å². The van der Waals surface area contributed by atoms with Crippen molar-refractivity contribution in [2.45, 2.75) is 51.2 Å². The molecule has 2 saturated carbocycles. The van der Waals surface area contributed by atoms with Crippen LogP contribution in [-0.2, 0) is 7.05 Å². The SMILES string of the molecule is CN(c1cnc(-c2ccc(-c3nnn(C)n3)cc2O)nn1)[C@H]1C[C@]2(C)CCC[C@@H](C2)[C@H]1F. The molecule has 1 N–H and O–H groups in total. The molecule has 2 fully saturated rings. The molecule has 0 radical (unpaired) electrons. The van der Waals surface area contributed by atoms with Crippen LogP contribution in [0.25, 0.3) is 22.8 Å². The predicted octanol–water partition coefficient (Wildman–Crippen LogP) is 3.18. The van der Waals surface area contributed by atoms with E-state index in [1.54, 1.807) is 31.4 Å². The summed E-state index contributed by atoms with van der Waals surface area (Å²) in [4.78, 5) is 7.63. The number of hydrogen-bond acceptors (Lipinski definition) is 8. The van der Waals surface area contributed by atoms with Gasteiger partial charge in [-0.25, -0.2) is 9.37 Å². The lowest BCUT2D eigenvalue weighted by Crippen LogP contribution is -2.52. The normalized spacial score (nSPS) is 27.3. The molecule has 0 aliphatic heterocycles. The molecule has 3 aromatic rings. The number of aromatic hydroxyl groups is 1. The fraction of sp³-hybridized carbons (Fsp3) is 0.545. The molecular formula is C22H27FN8O. The Kier molecular flexibility index (Phi) is 5.02. The number of nitrogens with zero attached hydrogens (tertiary/aromatic N) is 8. The zero-order valence-electron chi connectivity index (χ0n) is 18.5. The minimum Gasteiger partial charge on any atom is -0.507 e. The number of benzene rings is 1.